The van der Waals surface area contributed by atoms with Crippen molar-refractivity contribution in [1.82, 2.24) is 0 Å². The third-order valence-electron chi connectivity index (χ3n) is 1.32. The highest BCUT2D eigenvalue weighted by Gasteiger charge is 2.08. The molecule has 0 bridgehead atoms. The molecule has 2 atom stereocenters. The fraction of sp³-hybridized carbons (Fsp3) is 0.571. The summed E-state index contributed by atoms with van der Waals surface area (Å²) in [6.45, 7) is 1.88. The molecule has 58 valence electrons. The van der Waals surface area contributed by atoms with Gasteiger partial charge in [-0.15, -0.1) is 0 Å². The van der Waals surface area contributed by atoms with Gasteiger partial charge in [0.05, 0.1) is 6.10 Å². The Labute approximate surface area is 74.5 Å². The van der Waals surface area contributed by atoms with E-state index in [1.165, 1.54) is 0 Å². The van der Waals surface area contributed by atoms with Crippen molar-refractivity contribution in [2.75, 3.05) is 0 Å². The Bertz CT molecular complexity index is 123. The summed E-state index contributed by atoms with van der Waals surface area (Å²) in [6, 6.07) is 0. The van der Waals surface area contributed by atoms with E-state index >= 15 is 0 Å². The van der Waals surface area contributed by atoms with E-state index < -0.39 is 6.10 Å². The second-order valence-corrected chi connectivity index (χ2v) is 2.87. The zero-order chi connectivity index (χ0) is 7.98. The molecule has 0 aromatic carbocycles. The molecule has 0 heterocycles. The number of carbonyl (C=O) groups excluding carboxylic acids is 1. The van der Waals surface area contributed by atoms with Crippen LogP contribution in [0.2, 0.25) is 0 Å². The molecule has 0 aliphatic rings. The van der Waals surface area contributed by atoms with Gasteiger partial charge in [-0.25, -0.2) is 0 Å². The molecule has 3 heteroatoms. The Balaban J connectivity index is 3.68. The van der Waals surface area contributed by atoms with Crippen LogP contribution in [-0.2, 0) is 4.79 Å². The number of aliphatic hydroxyl groups excluding tert-OH is 1. The third-order valence-corrected chi connectivity index (χ3v) is 1.74. The largest absolute Gasteiger partial charge is 0.392 e. The second kappa shape index (κ2) is 5.85. The Morgan fingerprint density at radius 1 is 1.70 bits per heavy atom. The summed E-state index contributed by atoms with van der Waals surface area (Å²) in [4.78, 5) is 9.94. The number of hydrogen-bond donors (Lipinski definition) is 1. The molecule has 0 unspecified atom stereocenters. The van der Waals surface area contributed by atoms with Gasteiger partial charge in [-0.2, -0.15) is 0 Å². The maximum absolute atomic E-state index is 9.94. The van der Waals surface area contributed by atoms with Crippen LogP contribution >= 0.6 is 22.6 Å². The van der Waals surface area contributed by atoms with Crippen LogP contribution in [0.4, 0.5) is 0 Å². The van der Waals surface area contributed by atoms with E-state index in [0.29, 0.717) is 0 Å². The number of carbonyl (C=O) groups is 1. The predicted octanol–water partition coefficient (Wildman–Crippen LogP) is 1.52. The molecule has 0 aromatic rings. The minimum absolute atomic E-state index is 0.0714. The van der Waals surface area contributed by atoms with Gasteiger partial charge in [-0.1, -0.05) is 35.6 Å². The summed E-state index contributed by atoms with van der Waals surface area (Å²) in [6.07, 6.45) is 2.31. The Hall–Kier alpha value is 0.100. The lowest BCUT2D eigenvalue weighted by Gasteiger charge is -2.10. The summed E-state index contributed by atoms with van der Waals surface area (Å²) in [5.74, 6) is 0.0714. The Morgan fingerprint density at radius 2 is 2.30 bits per heavy atom. The lowest BCUT2D eigenvalue weighted by atomic mass is 10.0. The van der Waals surface area contributed by atoms with Gasteiger partial charge >= 0.3 is 0 Å². The summed E-state index contributed by atoms with van der Waals surface area (Å²) in [5, 5.41) is 9.16. The maximum Gasteiger partial charge on any atom is 0.122 e. The topological polar surface area (TPSA) is 37.3 Å². The van der Waals surface area contributed by atoms with E-state index in [9.17, 15) is 4.79 Å². The first kappa shape index (κ1) is 10.1. The van der Waals surface area contributed by atoms with Gasteiger partial charge in [0.25, 0.3) is 0 Å². The van der Waals surface area contributed by atoms with E-state index in [-0.39, 0.29) is 12.3 Å². The van der Waals surface area contributed by atoms with Crippen molar-refractivity contribution in [3.05, 3.63) is 10.2 Å². The minimum Gasteiger partial charge on any atom is -0.392 e. The fourth-order valence-electron chi connectivity index (χ4n) is 0.556. The lowest BCUT2D eigenvalue weighted by molar-refractivity contribution is -0.109. The van der Waals surface area contributed by atoms with Crippen LogP contribution in [0.15, 0.2) is 10.2 Å². The second-order valence-electron chi connectivity index (χ2n) is 2.15. The first-order chi connectivity index (χ1) is 4.72. The number of halogens is 1. The van der Waals surface area contributed by atoms with Gasteiger partial charge in [0.15, 0.2) is 0 Å². The highest BCUT2D eigenvalue weighted by Crippen LogP contribution is 2.07. The molecule has 0 amide bonds. The summed E-state index contributed by atoms with van der Waals surface area (Å²) in [5.41, 5.74) is 0. The van der Waals surface area contributed by atoms with E-state index in [4.69, 9.17) is 5.11 Å². The quantitative estimate of drug-likeness (QED) is 0.610. The molecular weight excluding hydrogens is 243 g/mol. The van der Waals surface area contributed by atoms with Crippen LogP contribution in [0, 0.1) is 5.92 Å². The molecule has 0 saturated carbocycles. The third kappa shape index (κ3) is 4.00. The van der Waals surface area contributed by atoms with Gasteiger partial charge in [0.2, 0.25) is 0 Å². The normalized spacial score (nSPS) is 17.1. The van der Waals surface area contributed by atoms with Crippen LogP contribution in [0.1, 0.15) is 13.3 Å². The smallest absolute Gasteiger partial charge is 0.122 e. The molecule has 0 saturated heterocycles. The van der Waals surface area contributed by atoms with Crippen LogP contribution < -0.4 is 0 Å². The van der Waals surface area contributed by atoms with Crippen LogP contribution in [0.25, 0.3) is 0 Å². The van der Waals surface area contributed by atoms with Crippen LogP contribution in [0.5, 0.6) is 0 Å². The van der Waals surface area contributed by atoms with Gasteiger partial charge in [-0.05, 0) is 4.08 Å². The average molecular weight is 254 g/mol. The molecule has 0 spiro atoms. The minimum atomic E-state index is -0.525. The van der Waals surface area contributed by atoms with Gasteiger partial charge in [-0.3, -0.25) is 0 Å². The van der Waals surface area contributed by atoms with Crippen molar-refractivity contribution < 1.29 is 9.90 Å². The number of hydrogen-bond acceptors (Lipinski definition) is 2. The first-order valence-corrected chi connectivity index (χ1v) is 4.35. The number of rotatable bonds is 4. The number of aldehydes is 1. The van der Waals surface area contributed by atoms with Crippen molar-refractivity contribution in [3.8, 4) is 0 Å². The van der Waals surface area contributed by atoms with Crippen molar-refractivity contribution in [2.45, 2.75) is 19.4 Å². The summed E-state index contributed by atoms with van der Waals surface area (Å²) >= 11 is 2.08. The van der Waals surface area contributed by atoms with E-state index in [2.05, 4.69) is 22.6 Å². The monoisotopic (exact) mass is 254 g/mol. The van der Waals surface area contributed by atoms with Crippen molar-refractivity contribution in [2.24, 2.45) is 5.92 Å². The highest BCUT2D eigenvalue weighted by atomic mass is 127. The molecule has 0 fully saturated rings. The van der Waals surface area contributed by atoms with Crippen LogP contribution in [0.3, 0.4) is 0 Å². The van der Waals surface area contributed by atoms with Crippen LogP contribution in [-0.4, -0.2) is 17.5 Å². The standard InChI is InChI=1S/C7H11IO2/c1-6(2-4-8)7(10)3-5-9/h2,4-7,10H,3H2,1H3/b4-2-/t6-,7-/m0/s1. The van der Waals surface area contributed by atoms with E-state index in [0.717, 1.165) is 6.29 Å². The Kier molecular flexibility index (Phi) is 5.91. The zero-order valence-electron chi connectivity index (χ0n) is 5.83. The molecular formula is C7H11IO2. The first-order valence-electron chi connectivity index (χ1n) is 3.11. The van der Waals surface area contributed by atoms with Gasteiger partial charge in [0, 0.05) is 12.3 Å². The molecule has 10 heavy (non-hydrogen) atoms. The Morgan fingerprint density at radius 3 is 2.70 bits per heavy atom. The number of aliphatic hydroxyl groups is 1. The van der Waals surface area contributed by atoms with Crippen molar-refractivity contribution in [1.29, 1.82) is 0 Å². The summed E-state index contributed by atoms with van der Waals surface area (Å²) in [7, 11) is 0. The zero-order valence-corrected chi connectivity index (χ0v) is 7.98. The molecule has 0 aliphatic carbocycles. The fourth-order valence-corrected chi connectivity index (χ4v) is 1.21. The summed E-state index contributed by atoms with van der Waals surface area (Å²) < 4.78 is 1.84. The van der Waals surface area contributed by atoms with Crippen molar-refractivity contribution in [3.63, 3.8) is 0 Å². The molecule has 1 N–H and O–H groups in total. The SMILES string of the molecule is C[C@@H](/C=C\I)[C@@H](O)CC=O. The van der Waals surface area contributed by atoms with Gasteiger partial charge < -0.3 is 9.90 Å². The maximum atomic E-state index is 9.94. The average Bonchev–Trinajstić information content (AvgIpc) is 1.89. The lowest BCUT2D eigenvalue weighted by Crippen LogP contribution is -2.15. The molecule has 0 radical (unpaired) electrons. The van der Waals surface area contributed by atoms with Gasteiger partial charge in [0.1, 0.15) is 6.29 Å². The molecule has 0 rings (SSSR count). The van der Waals surface area contributed by atoms with E-state index in [1.54, 1.807) is 0 Å². The van der Waals surface area contributed by atoms with Crippen molar-refractivity contribution >= 4 is 28.9 Å². The molecule has 0 aromatic heterocycles. The van der Waals surface area contributed by atoms with E-state index in [1.807, 2.05) is 17.1 Å². The predicted molar refractivity (Wildman–Crippen MR) is 49.0 cm³/mol. The molecule has 2 nitrogen and oxygen atoms in total. The highest BCUT2D eigenvalue weighted by molar-refractivity contribution is 14.1. The molecule has 0 aliphatic heterocycles.